The Labute approximate surface area is 129 Å². The Morgan fingerprint density at radius 2 is 2.00 bits per heavy atom. The molecule has 0 aliphatic carbocycles. The molecule has 2 unspecified atom stereocenters. The van der Waals surface area contributed by atoms with Crippen molar-refractivity contribution in [3.8, 4) is 0 Å². The Balaban J connectivity index is 2.54. The monoisotopic (exact) mass is 300 g/mol. The normalized spacial score (nSPS) is 21.8. The number of likely N-dealkylation sites (tertiary alicyclic amines) is 1. The van der Waals surface area contributed by atoms with Crippen molar-refractivity contribution in [1.82, 2.24) is 10.2 Å². The molecule has 1 aliphatic heterocycles. The van der Waals surface area contributed by atoms with Crippen LogP contribution in [0.5, 0.6) is 0 Å². The minimum absolute atomic E-state index is 0.175. The van der Waals surface area contributed by atoms with E-state index in [4.69, 9.17) is 9.47 Å². The van der Waals surface area contributed by atoms with E-state index in [1.807, 2.05) is 13.8 Å². The number of hydrogen-bond acceptors (Lipinski definition) is 5. The van der Waals surface area contributed by atoms with Gasteiger partial charge in [0.2, 0.25) is 0 Å². The Bertz CT molecular complexity index is 317. The first-order chi connectivity index (χ1) is 9.96. The van der Waals surface area contributed by atoms with Gasteiger partial charge >= 0.3 is 5.97 Å². The Morgan fingerprint density at radius 3 is 2.48 bits per heavy atom. The number of carbonyl (C=O) groups is 1. The first kappa shape index (κ1) is 18.4. The van der Waals surface area contributed by atoms with E-state index in [1.54, 1.807) is 7.11 Å². The molecule has 0 bridgehead atoms. The van der Waals surface area contributed by atoms with Gasteiger partial charge in [0.1, 0.15) is 5.54 Å². The molecule has 0 aromatic rings. The fourth-order valence-electron chi connectivity index (χ4n) is 3.36. The number of rotatable bonds is 8. The summed E-state index contributed by atoms with van der Waals surface area (Å²) in [7, 11) is 3.23. The quantitative estimate of drug-likeness (QED) is 0.691. The van der Waals surface area contributed by atoms with E-state index in [0.717, 1.165) is 32.7 Å². The number of nitrogens with one attached hydrogen (secondary N) is 1. The van der Waals surface area contributed by atoms with Gasteiger partial charge in [-0.15, -0.1) is 0 Å². The van der Waals surface area contributed by atoms with Crippen LogP contribution in [0, 0.1) is 5.92 Å². The van der Waals surface area contributed by atoms with Crippen molar-refractivity contribution in [2.24, 2.45) is 5.92 Å². The van der Waals surface area contributed by atoms with Crippen LogP contribution in [0.1, 0.15) is 40.0 Å². The fraction of sp³-hybridized carbons (Fsp3) is 0.938. The predicted octanol–water partition coefficient (Wildman–Crippen LogP) is 1.66. The SMILES string of the molecule is CCNC(C)(CC(C)N1CCC(COC)CC1)C(=O)OC. The topological polar surface area (TPSA) is 50.8 Å². The molecule has 0 spiro atoms. The molecule has 2 atom stereocenters. The maximum atomic E-state index is 12.1. The third-order valence-corrected chi connectivity index (χ3v) is 4.58. The number of likely N-dealkylation sites (N-methyl/N-ethyl adjacent to an activating group) is 1. The fourth-order valence-corrected chi connectivity index (χ4v) is 3.36. The molecule has 0 saturated carbocycles. The van der Waals surface area contributed by atoms with Crippen molar-refractivity contribution >= 4 is 5.97 Å². The van der Waals surface area contributed by atoms with Gasteiger partial charge in [0.25, 0.3) is 0 Å². The third-order valence-electron chi connectivity index (χ3n) is 4.58. The molecule has 0 aromatic carbocycles. The zero-order valence-corrected chi connectivity index (χ0v) is 14.3. The molecular weight excluding hydrogens is 268 g/mol. The van der Waals surface area contributed by atoms with Crippen molar-refractivity contribution in [1.29, 1.82) is 0 Å². The number of hydrogen-bond donors (Lipinski definition) is 1. The van der Waals surface area contributed by atoms with Gasteiger partial charge in [0.05, 0.1) is 7.11 Å². The van der Waals surface area contributed by atoms with Gasteiger partial charge in [-0.1, -0.05) is 6.92 Å². The van der Waals surface area contributed by atoms with Crippen molar-refractivity contribution < 1.29 is 14.3 Å². The molecule has 1 rings (SSSR count). The maximum absolute atomic E-state index is 12.1. The van der Waals surface area contributed by atoms with Crippen molar-refractivity contribution in [2.45, 2.75) is 51.6 Å². The van der Waals surface area contributed by atoms with Crippen LogP contribution in [-0.2, 0) is 14.3 Å². The van der Waals surface area contributed by atoms with Gasteiger partial charge in [-0.2, -0.15) is 0 Å². The molecule has 0 radical (unpaired) electrons. The van der Waals surface area contributed by atoms with Crippen LogP contribution >= 0.6 is 0 Å². The van der Waals surface area contributed by atoms with Crippen LogP contribution in [0.25, 0.3) is 0 Å². The second-order valence-electron chi connectivity index (χ2n) is 6.34. The van der Waals surface area contributed by atoms with Crippen LogP contribution in [-0.4, -0.2) is 62.9 Å². The van der Waals surface area contributed by atoms with E-state index in [2.05, 4.69) is 17.1 Å². The van der Waals surface area contributed by atoms with Crippen molar-refractivity contribution in [2.75, 3.05) is 40.5 Å². The second kappa shape index (κ2) is 8.71. The van der Waals surface area contributed by atoms with E-state index in [1.165, 1.54) is 20.0 Å². The molecule has 124 valence electrons. The first-order valence-corrected chi connectivity index (χ1v) is 8.03. The zero-order valence-electron chi connectivity index (χ0n) is 14.3. The van der Waals surface area contributed by atoms with Crippen molar-refractivity contribution in [3.63, 3.8) is 0 Å². The largest absolute Gasteiger partial charge is 0.468 e. The average Bonchev–Trinajstić information content (AvgIpc) is 2.47. The highest BCUT2D eigenvalue weighted by molar-refractivity contribution is 5.80. The first-order valence-electron chi connectivity index (χ1n) is 8.03. The molecule has 1 aliphatic rings. The summed E-state index contributed by atoms with van der Waals surface area (Å²) in [5.41, 5.74) is -0.605. The summed E-state index contributed by atoms with van der Waals surface area (Å²) in [6, 6.07) is 0.358. The zero-order chi connectivity index (χ0) is 15.9. The van der Waals surface area contributed by atoms with E-state index in [9.17, 15) is 4.79 Å². The summed E-state index contributed by atoms with van der Waals surface area (Å²) in [5, 5.41) is 3.29. The molecule has 5 nitrogen and oxygen atoms in total. The summed E-state index contributed by atoms with van der Waals surface area (Å²) in [6.45, 7) is 9.94. The lowest BCUT2D eigenvalue weighted by Crippen LogP contribution is -2.54. The second-order valence-corrected chi connectivity index (χ2v) is 6.34. The summed E-state index contributed by atoms with van der Waals surface area (Å²) in [4.78, 5) is 14.5. The summed E-state index contributed by atoms with van der Waals surface area (Å²) in [6.07, 6.45) is 3.12. The lowest BCUT2D eigenvalue weighted by molar-refractivity contribution is -0.148. The Kier molecular flexibility index (Phi) is 7.63. The van der Waals surface area contributed by atoms with E-state index < -0.39 is 5.54 Å². The van der Waals surface area contributed by atoms with Crippen LogP contribution in [0.3, 0.4) is 0 Å². The van der Waals surface area contributed by atoms with Crippen LogP contribution in [0.4, 0.5) is 0 Å². The number of carbonyl (C=O) groups excluding carboxylic acids is 1. The minimum atomic E-state index is -0.605. The van der Waals surface area contributed by atoms with E-state index in [0.29, 0.717) is 12.0 Å². The standard InChI is InChI=1S/C16H32N2O3/c1-6-17-16(3,15(19)21-5)11-13(2)18-9-7-14(8-10-18)12-20-4/h13-14,17H,6-12H2,1-5H3. The van der Waals surface area contributed by atoms with Crippen LogP contribution in [0.15, 0.2) is 0 Å². The van der Waals surface area contributed by atoms with Crippen LogP contribution in [0.2, 0.25) is 0 Å². The van der Waals surface area contributed by atoms with E-state index >= 15 is 0 Å². The maximum Gasteiger partial charge on any atom is 0.325 e. The van der Waals surface area contributed by atoms with Crippen molar-refractivity contribution in [3.05, 3.63) is 0 Å². The number of piperidine rings is 1. The number of nitrogens with zero attached hydrogens (tertiary/aromatic N) is 1. The van der Waals surface area contributed by atoms with E-state index in [-0.39, 0.29) is 5.97 Å². The van der Waals surface area contributed by atoms with Gasteiger partial charge in [0, 0.05) is 19.8 Å². The highest BCUT2D eigenvalue weighted by atomic mass is 16.5. The Hall–Kier alpha value is -0.650. The molecule has 5 heteroatoms. The van der Waals surface area contributed by atoms with Gasteiger partial charge < -0.3 is 19.7 Å². The molecular formula is C16H32N2O3. The van der Waals surface area contributed by atoms with Gasteiger partial charge in [-0.3, -0.25) is 4.79 Å². The average molecular weight is 300 g/mol. The van der Waals surface area contributed by atoms with Gasteiger partial charge in [0.15, 0.2) is 0 Å². The molecule has 21 heavy (non-hydrogen) atoms. The minimum Gasteiger partial charge on any atom is -0.468 e. The summed E-state index contributed by atoms with van der Waals surface area (Å²) >= 11 is 0. The molecule has 0 aromatic heterocycles. The summed E-state index contributed by atoms with van der Waals surface area (Å²) < 4.78 is 10.2. The summed E-state index contributed by atoms with van der Waals surface area (Å²) in [5.74, 6) is 0.504. The lowest BCUT2D eigenvalue weighted by atomic mass is 9.90. The Morgan fingerprint density at radius 1 is 1.38 bits per heavy atom. The number of ether oxygens (including phenoxy) is 2. The number of esters is 1. The molecule has 1 fully saturated rings. The molecule has 1 saturated heterocycles. The smallest absolute Gasteiger partial charge is 0.325 e. The highest BCUT2D eigenvalue weighted by Crippen LogP contribution is 2.23. The van der Waals surface area contributed by atoms with Crippen LogP contribution < -0.4 is 5.32 Å². The highest BCUT2D eigenvalue weighted by Gasteiger charge is 2.37. The van der Waals surface area contributed by atoms with Gasteiger partial charge in [-0.25, -0.2) is 0 Å². The predicted molar refractivity (Wildman–Crippen MR) is 84.3 cm³/mol. The molecule has 1 N–H and O–H groups in total. The number of methoxy groups -OCH3 is 2. The molecule has 0 amide bonds. The molecule has 1 heterocycles. The van der Waals surface area contributed by atoms with Gasteiger partial charge in [-0.05, 0) is 58.7 Å². The lowest BCUT2D eigenvalue weighted by Gasteiger charge is -2.39. The third kappa shape index (κ3) is 5.24.